The fourth-order valence-electron chi connectivity index (χ4n) is 3.98. The van der Waals surface area contributed by atoms with Gasteiger partial charge in [-0.3, -0.25) is 4.79 Å². The maximum Gasteiger partial charge on any atom is 0.341 e. The van der Waals surface area contributed by atoms with Gasteiger partial charge in [0.15, 0.2) is 0 Å². The molecule has 1 N–H and O–H groups in total. The lowest BCUT2D eigenvalue weighted by molar-refractivity contribution is -0.122. The summed E-state index contributed by atoms with van der Waals surface area (Å²) < 4.78 is 10.4. The molecule has 2 aromatic rings. The highest BCUT2D eigenvalue weighted by Gasteiger charge is 2.41. The molecular weight excluding hydrogens is 390 g/mol. The molecule has 0 unspecified atom stereocenters. The van der Waals surface area contributed by atoms with Gasteiger partial charge >= 0.3 is 5.97 Å². The molecule has 1 fully saturated rings. The number of halogens is 1. The van der Waals surface area contributed by atoms with Crippen LogP contribution in [0.1, 0.15) is 54.9 Å². The SMILES string of the molecule is CCOC(=O)c1cc(NC(=O)C2(c3ccc(Cl)cc3)CCCCC2)ccc1OC. The van der Waals surface area contributed by atoms with Crippen molar-refractivity contribution >= 4 is 29.2 Å². The molecule has 1 amide bonds. The zero-order chi connectivity index (χ0) is 20.9. The molecule has 1 aliphatic rings. The third-order valence-electron chi connectivity index (χ3n) is 5.49. The summed E-state index contributed by atoms with van der Waals surface area (Å²) in [6, 6.07) is 12.5. The summed E-state index contributed by atoms with van der Waals surface area (Å²) >= 11 is 6.05. The predicted molar refractivity (Wildman–Crippen MR) is 114 cm³/mol. The van der Waals surface area contributed by atoms with Crippen molar-refractivity contribution < 1.29 is 19.1 Å². The van der Waals surface area contributed by atoms with Crippen molar-refractivity contribution in [3.8, 4) is 5.75 Å². The van der Waals surface area contributed by atoms with Crippen LogP contribution in [0.3, 0.4) is 0 Å². The summed E-state index contributed by atoms with van der Waals surface area (Å²) in [7, 11) is 1.49. The van der Waals surface area contributed by atoms with E-state index in [0.717, 1.165) is 37.7 Å². The number of benzene rings is 2. The molecule has 0 saturated heterocycles. The van der Waals surface area contributed by atoms with Crippen molar-refractivity contribution in [2.45, 2.75) is 44.4 Å². The smallest absolute Gasteiger partial charge is 0.341 e. The molecule has 3 rings (SSSR count). The van der Waals surface area contributed by atoms with Crippen LogP contribution in [-0.4, -0.2) is 25.6 Å². The number of rotatable bonds is 6. The normalized spacial score (nSPS) is 15.4. The molecule has 1 aliphatic carbocycles. The van der Waals surface area contributed by atoms with Gasteiger partial charge in [0.25, 0.3) is 0 Å². The maximum absolute atomic E-state index is 13.4. The Labute approximate surface area is 176 Å². The largest absolute Gasteiger partial charge is 0.496 e. The molecule has 5 nitrogen and oxygen atoms in total. The lowest BCUT2D eigenvalue weighted by Gasteiger charge is -2.36. The summed E-state index contributed by atoms with van der Waals surface area (Å²) in [6.07, 6.45) is 4.67. The number of carbonyl (C=O) groups excluding carboxylic acids is 2. The third kappa shape index (κ3) is 4.56. The number of hydrogen-bond acceptors (Lipinski definition) is 4. The van der Waals surface area contributed by atoms with E-state index >= 15 is 0 Å². The van der Waals surface area contributed by atoms with Gasteiger partial charge in [-0.05, 0) is 55.7 Å². The van der Waals surface area contributed by atoms with E-state index < -0.39 is 11.4 Å². The van der Waals surface area contributed by atoms with Crippen LogP contribution in [0.15, 0.2) is 42.5 Å². The van der Waals surface area contributed by atoms with E-state index in [1.54, 1.807) is 25.1 Å². The van der Waals surface area contributed by atoms with Crippen LogP contribution < -0.4 is 10.1 Å². The molecule has 29 heavy (non-hydrogen) atoms. The van der Waals surface area contributed by atoms with Crippen LogP contribution in [0.2, 0.25) is 5.02 Å². The number of carbonyl (C=O) groups is 2. The molecule has 0 aromatic heterocycles. The highest BCUT2D eigenvalue weighted by molar-refractivity contribution is 6.30. The van der Waals surface area contributed by atoms with Gasteiger partial charge < -0.3 is 14.8 Å². The van der Waals surface area contributed by atoms with Crippen LogP contribution in [-0.2, 0) is 14.9 Å². The second kappa shape index (κ2) is 9.31. The average Bonchev–Trinajstić information content (AvgIpc) is 2.74. The Morgan fingerprint density at radius 3 is 2.38 bits per heavy atom. The van der Waals surface area contributed by atoms with Gasteiger partial charge in [0.1, 0.15) is 11.3 Å². The summed E-state index contributed by atoms with van der Waals surface area (Å²) in [5.41, 5.74) is 1.19. The number of methoxy groups -OCH3 is 1. The molecule has 6 heteroatoms. The minimum Gasteiger partial charge on any atom is -0.496 e. The van der Waals surface area contributed by atoms with Crippen molar-refractivity contribution in [2.75, 3.05) is 19.0 Å². The Bertz CT molecular complexity index is 873. The molecule has 0 atom stereocenters. The zero-order valence-corrected chi connectivity index (χ0v) is 17.6. The molecule has 0 radical (unpaired) electrons. The number of ether oxygens (including phenoxy) is 2. The first-order valence-corrected chi connectivity index (χ1v) is 10.3. The predicted octanol–water partition coefficient (Wildman–Crippen LogP) is 5.37. The minimum atomic E-state index is -0.604. The second-order valence-corrected chi connectivity index (χ2v) is 7.68. The Kier molecular flexibility index (Phi) is 6.80. The molecule has 2 aromatic carbocycles. The van der Waals surface area contributed by atoms with Gasteiger partial charge in [-0.2, -0.15) is 0 Å². The number of esters is 1. The minimum absolute atomic E-state index is 0.0699. The Balaban J connectivity index is 1.91. The highest BCUT2D eigenvalue weighted by Crippen LogP contribution is 2.41. The van der Waals surface area contributed by atoms with E-state index in [-0.39, 0.29) is 18.1 Å². The van der Waals surface area contributed by atoms with Gasteiger partial charge in [0, 0.05) is 10.7 Å². The first-order chi connectivity index (χ1) is 14.0. The van der Waals surface area contributed by atoms with Crippen LogP contribution in [0.5, 0.6) is 5.75 Å². The molecule has 154 valence electrons. The molecule has 0 bridgehead atoms. The van der Waals surface area contributed by atoms with Crippen LogP contribution in [0.4, 0.5) is 5.69 Å². The van der Waals surface area contributed by atoms with E-state index in [4.69, 9.17) is 21.1 Å². The number of anilines is 1. The van der Waals surface area contributed by atoms with E-state index in [9.17, 15) is 9.59 Å². The van der Waals surface area contributed by atoms with Crippen molar-refractivity contribution in [1.82, 2.24) is 0 Å². The van der Waals surface area contributed by atoms with Gasteiger partial charge in [0.2, 0.25) is 5.91 Å². The highest BCUT2D eigenvalue weighted by atomic mass is 35.5. The molecule has 1 saturated carbocycles. The standard InChI is InChI=1S/C23H26ClNO4/c1-3-29-21(26)19-15-18(11-12-20(19)28-2)25-22(27)23(13-5-4-6-14-23)16-7-9-17(24)10-8-16/h7-12,15H,3-6,13-14H2,1-2H3,(H,25,27). The van der Waals surface area contributed by atoms with Crippen LogP contribution in [0, 0.1) is 0 Å². The maximum atomic E-state index is 13.4. The topological polar surface area (TPSA) is 64.6 Å². The van der Waals surface area contributed by atoms with E-state index in [1.807, 2.05) is 24.3 Å². The number of nitrogens with one attached hydrogen (secondary N) is 1. The van der Waals surface area contributed by atoms with Crippen molar-refractivity contribution in [3.05, 3.63) is 58.6 Å². The van der Waals surface area contributed by atoms with E-state index in [2.05, 4.69) is 5.32 Å². The van der Waals surface area contributed by atoms with E-state index in [0.29, 0.717) is 16.5 Å². The number of hydrogen-bond donors (Lipinski definition) is 1. The quantitative estimate of drug-likeness (QED) is 0.644. The monoisotopic (exact) mass is 415 g/mol. The van der Waals surface area contributed by atoms with Crippen LogP contribution in [0.25, 0.3) is 0 Å². The Morgan fingerprint density at radius 2 is 1.76 bits per heavy atom. The molecule has 0 spiro atoms. The first-order valence-electron chi connectivity index (χ1n) is 9.93. The van der Waals surface area contributed by atoms with Crippen molar-refractivity contribution in [3.63, 3.8) is 0 Å². The average molecular weight is 416 g/mol. The third-order valence-corrected chi connectivity index (χ3v) is 5.74. The fourth-order valence-corrected chi connectivity index (χ4v) is 4.10. The molecule has 0 heterocycles. The summed E-state index contributed by atoms with van der Waals surface area (Å²) in [5, 5.41) is 3.67. The Hall–Kier alpha value is -2.53. The first kappa shape index (κ1) is 21.2. The zero-order valence-electron chi connectivity index (χ0n) is 16.8. The van der Waals surface area contributed by atoms with Crippen molar-refractivity contribution in [1.29, 1.82) is 0 Å². The van der Waals surface area contributed by atoms with Gasteiger partial charge in [0.05, 0.1) is 19.1 Å². The summed E-state index contributed by atoms with van der Waals surface area (Å²) in [5.74, 6) is -0.142. The summed E-state index contributed by atoms with van der Waals surface area (Å²) in [4.78, 5) is 25.7. The number of amides is 1. The fraction of sp³-hybridized carbons (Fsp3) is 0.391. The van der Waals surface area contributed by atoms with Crippen LogP contribution >= 0.6 is 11.6 Å². The molecule has 0 aliphatic heterocycles. The Morgan fingerprint density at radius 1 is 1.07 bits per heavy atom. The van der Waals surface area contributed by atoms with Gasteiger partial charge in [-0.25, -0.2) is 4.79 Å². The lowest BCUT2D eigenvalue weighted by atomic mass is 9.68. The van der Waals surface area contributed by atoms with Gasteiger partial charge in [-0.1, -0.05) is 43.0 Å². The van der Waals surface area contributed by atoms with Crippen molar-refractivity contribution in [2.24, 2.45) is 0 Å². The van der Waals surface area contributed by atoms with E-state index in [1.165, 1.54) is 7.11 Å². The van der Waals surface area contributed by atoms with Gasteiger partial charge in [-0.15, -0.1) is 0 Å². The molecular formula is C23H26ClNO4. The summed E-state index contributed by atoms with van der Waals surface area (Å²) in [6.45, 7) is 2.01. The lowest BCUT2D eigenvalue weighted by Crippen LogP contribution is -2.42. The second-order valence-electron chi connectivity index (χ2n) is 7.24.